The van der Waals surface area contributed by atoms with Crippen LogP contribution in [0.4, 0.5) is 0 Å². The van der Waals surface area contributed by atoms with Gasteiger partial charge in [0.15, 0.2) is 0 Å². The largest absolute Gasteiger partial charge is 0.478 e. The van der Waals surface area contributed by atoms with Gasteiger partial charge in [-0.05, 0) is 43.7 Å². The number of aryl methyl sites for hydroxylation is 1. The molecule has 5 nitrogen and oxygen atoms in total. The van der Waals surface area contributed by atoms with Crippen LogP contribution in [0.15, 0.2) is 12.1 Å². The first-order valence-corrected chi connectivity index (χ1v) is 6.40. The molecule has 0 atom stereocenters. The molecule has 0 aliphatic heterocycles. The molecule has 0 bridgehead atoms. The maximum absolute atomic E-state index is 11.9. The van der Waals surface area contributed by atoms with E-state index in [9.17, 15) is 9.59 Å². The van der Waals surface area contributed by atoms with Gasteiger partial charge in [0.2, 0.25) is 0 Å². The molecule has 19 heavy (non-hydrogen) atoms. The van der Waals surface area contributed by atoms with Gasteiger partial charge in [0.05, 0.1) is 11.3 Å². The molecule has 1 amide bonds. The second kappa shape index (κ2) is 4.99. The van der Waals surface area contributed by atoms with E-state index in [2.05, 4.69) is 17.2 Å². The smallest absolute Gasteiger partial charge is 0.337 e. The lowest BCUT2D eigenvalue weighted by molar-refractivity contribution is 0.0694. The number of aromatic nitrogens is 1. The zero-order chi connectivity index (χ0) is 14.0. The van der Waals surface area contributed by atoms with Gasteiger partial charge in [-0.25, -0.2) is 9.78 Å². The van der Waals surface area contributed by atoms with E-state index in [0.29, 0.717) is 17.7 Å². The summed E-state index contributed by atoms with van der Waals surface area (Å²) < 4.78 is 0. The maximum atomic E-state index is 11.9. The van der Waals surface area contributed by atoms with E-state index >= 15 is 0 Å². The third kappa shape index (κ3) is 3.30. The zero-order valence-electron chi connectivity index (χ0n) is 11.2. The van der Waals surface area contributed by atoms with E-state index in [-0.39, 0.29) is 17.2 Å². The van der Waals surface area contributed by atoms with Crippen LogP contribution in [0.3, 0.4) is 0 Å². The van der Waals surface area contributed by atoms with Gasteiger partial charge in [0.25, 0.3) is 5.91 Å². The van der Waals surface area contributed by atoms with Crippen molar-refractivity contribution < 1.29 is 14.7 Å². The normalized spacial score (nSPS) is 15.9. The monoisotopic (exact) mass is 262 g/mol. The average Bonchev–Trinajstić information content (AvgIpc) is 3.06. The Kier molecular flexibility index (Phi) is 3.55. The van der Waals surface area contributed by atoms with Crippen molar-refractivity contribution in [2.45, 2.75) is 33.1 Å². The Hall–Kier alpha value is -1.91. The molecule has 0 unspecified atom stereocenters. The van der Waals surface area contributed by atoms with Crippen molar-refractivity contribution in [1.29, 1.82) is 0 Å². The standard InChI is InChI=1S/C14H18N2O3/c1-9-10(13(18)19)3-4-11(16-9)12(17)15-8-7-14(2)5-6-14/h3-4H,5-8H2,1-2H3,(H,15,17)(H,18,19). The Morgan fingerprint density at radius 2 is 2.11 bits per heavy atom. The number of carbonyl (C=O) groups is 2. The van der Waals surface area contributed by atoms with E-state index in [4.69, 9.17) is 5.11 Å². The average molecular weight is 262 g/mol. The highest BCUT2D eigenvalue weighted by molar-refractivity contribution is 5.94. The molecule has 0 spiro atoms. The van der Waals surface area contributed by atoms with Gasteiger partial charge in [-0.1, -0.05) is 6.92 Å². The van der Waals surface area contributed by atoms with Crippen LogP contribution >= 0.6 is 0 Å². The first-order valence-electron chi connectivity index (χ1n) is 6.40. The summed E-state index contributed by atoms with van der Waals surface area (Å²) in [5, 5.41) is 11.7. The Morgan fingerprint density at radius 1 is 1.42 bits per heavy atom. The second-order valence-electron chi connectivity index (χ2n) is 5.45. The van der Waals surface area contributed by atoms with Crippen molar-refractivity contribution in [3.05, 3.63) is 29.1 Å². The molecule has 1 aliphatic rings. The van der Waals surface area contributed by atoms with Crippen molar-refractivity contribution in [3.8, 4) is 0 Å². The molecule has 1 fully saturated rings. The topological polar surface area (TPSA) is 79.3 Å². The molecule has 1 aliphatic carbocycles. The molecule has 1 aromatic rings. The quantitative estimate of drug-likeness (QED) is 0.850. The number of carboxylic acids is 1. The summed E-state index contributed by atoms with van der Waals surface area (Å²) in [7, 11) is 0. The SMILES string of the molecule is Cc1nc(C(=O)NCCC2(C)CC2)ccc1C(=O)O. The molecule has 2 N–H and O–H groups in total. The van der Waals surface area contributed by atoms with E-state index in [1.807, 2.05) is 0 Å². The van der Waals surface area contributed by atoms with Crippen LogP contribution in [0, 0.1) is 12.3 Å². The number of amides is 1. The first-order chi connectivity index (χ1) is 8.91. The Morgan fingerprint density at radius 3 is 2.63 bits per heavy atom. The number of carbonyl (C=O) groups excluding carboxylic acids is 1. The van der Waals surface area contributed by atoms with Crippen LogP contribution < -0.4 is 5.32 Å². The van der Waals surface area contributed by atoms with E-state index in [0.717, 1.165) is 6.42 Å². The van der Waals surface area contributed by atoms with Crippen LogP contribution in [-0.2, 0) is 0 Å². The highest BCUT2D eigenvalue weighted by atomic mass is 16.4. The lowest BCUT2D eigenvalue weighted by Crippen LogP contribution is -2.27. The molecule has 5 heteroatoms. The number of aromatic carboxylic acids is 1. The Labute approximate surface area is 112 Å². The predicted molar refractivity (Wildman–Crippen MR) is 70.2 cm³/mol. The van der Waals surface area contributed by atoms with E-state index in [1.54, 1.807) is 6.92 Å². The van der Waals surface area contributed by atoms with Crippen LogP contribution in [0.5, 0.6) is 0 Å². The number of rotatable bonds is 5. The van der Waals surface area contributed by atoms with Gasteiger partial charge >= 0.3 is 5.97 Å². The molecule has 1 saturated carbocycles. The van der Waals surface area contributed by atoms with Crippen molar-refractivity contribution in [2.24, 2.45) is 5.41 Å². The minimum Gasteiger partial charge on any atom is -0.478 e. The molecule has 102 valence electrons. The highest BCUT2D eigenvalue weighted by Gasteiger charge is 2.36. The van der Waals surface area contributed by atoms with Crippen molar-refractivity contribution in [3.63, 3.8) is 0 Å². The number of hydrogen-bond donors (Lipinski definition) is 2. The number of hydrogen-bond acceptors (Lipinski definition) is 3. The predicted octanol–water partition coefficient (Wildman–Crippen LogP) is 2.01. The van der Waals surface area contributed by atoms with Gasteiger partial charge in [-0.2, -0.15) is 0 Å². The Bertz CT molecular complexity index is 521. The molecule has 0 radical (unpaired) electrons. The van der Waals surface area contributed by atoms with Gasteiger partial charge in [-0.3, -0.25) is 4.79 Å². The third-order valence-corrected chi connectivity index (χ3v) is 3.67. The van der Waals surface area contributed by atoms with Crippen LogP contribution in [0.1, 0.15) is 52.7 Å². The summed E-state index contributed by atoms with van der Waals surface area (Å²) in [6.07, 6.45) is 3.44. The molecule has 0 saturated heterocycles. The van der Waals surface area contributed by atoms with E-state index in [1.165, 1.54) is 25.0 Å². The maximum Gasteiger partial charge on any atom is 0.337 e. The highest BCUT2D eigenvalue weighted by Crippen LogP contribution is 2.47. The lowest BCUT2D eigenvalue weighted by atomic mass is 10.1. The second-order valence-corrected chi connectivity index (χ2v) is 5.45. The fourth-order valence-corrected chi connectivity index (χ4v) is 1.95. The van der Waals surface area contributed by atoms with Crippen LogP contribution in [0.2, 0.25) is 0 Å². The van der Waals surface area contributed by atoms with Gasteiger partial charge in [-0.15, -0.1) is 0 Å². The summed E-state index contributed by atoms with van der Waals surface area (Å²) in [5.74, 6) is -1.28. The molecular formula is C14H18N2O3. The van der Waals surface area contributed by atoms with Crippen molar-refractivity contribution in [1.82, 2.24) is 10.3 Å². The summed E-state index contributed by atoms with van der Waals surface area (Å²) >= 11 is 0. The van der Waals surface area contributed by atoms with Crippen molar-refractivity contribution in [2.75, 3.05) is 6.54 Å². The number of carboxylic acid groups (broad SMARTS) is 1. The van der Waals surface area contributed by atoms with E-state index < -0.39 is 5.97 Å². The van der Waals surface area contributed by atoms with Gasteiger partial charge in [0.1, 0.15) is 5.69 Å². The van der Waals surface area contributed by atoms with Crippen molar-refractivity contribution >= 4 is 11.9 Å². The number of pyridine rings is 1. The summed E-state index contributed by atoms with van der Waals surface area (Å²) in [5.41, 5.74) is 1.16. The molecule has 1 heterocycles. The minimum atomic E-state index is -1.03. The van der Waals surface area contributed by atoms with Gasteiger partial charge in [0, 0.05) is 6.54 Å². The zero-order valence-corrected chi connectivity index (χ0v) is 11.2. The molecular weight excluding hydrogens is 244 g/mol. The molecule has 1 aromatic heterocycles. The molecule has 0 aromatic carbocycles. The summed E-state index contributed by atoms with van der Waals surface area (Å²) in [6, 6.07) is 2.87. The lowest BCUT2D eigenvalue weighted by Gasteiger charge is -2.09. The first kappa shape index (κ1) is 13.5. The fraction of sp³-hybridized carbons (Fsp3) is 0.500. The third-order valence-electron chi connectivity index (χ3n) is 3.67. The van der Waals surface area contributed by atoms with Gasteiger partial charge < -0.3 is 10.4 Å². The fourth-order valence-electron chi connectivity index (χ4n) is 1.95. The number of nitrogens with one attached hydrogen (secondary N) is 1. The minimum absolute atomic E-state index is 0.127. The summed E-state index contributed by atoms with van der Waals surface area (Å²) in [6.45, 7) is 4.44. The van der Waals surface area contributed by atoms with Crippen LogP contribution in [-0.4, -0.2) is 28.5 Å². The van der Waals surface area contributed by atoms with Crippen LogP contribution in [0.25, 0.3) is 0 Å². The summed E-state index contributed by atoms with van der Waals surface area (Å²) in [4.78, 5) is 26.7. The number of nitrogens with zero attached hydrogens (tertiary/aromatic N) is 1. The Balaban J connectivity index is 1.95. The molecule has 2 rings (SSSR count).